The molecular formula is C20H14ClN3O3. The molecule has 1 N–H and O–H groups in total. The van der Waals surface area contributed by atoms with E-state index in [1.165, 1.54) is 19.1 Å². The van der Waals surface area contributed by atoms with Gasteiger partial charge in [0.25, 0.3) is 5.91 Å². The van der Waals surface area contributed by atoms with Crippen LogP contribution in [0.15, 0.2) is 54.6 Å². The van der Waals surface area contributed by atoms with Crippen LogP contribution in [0.25, 0.3) is 10.9 Å². The number of amides is 1. The predicted molar refractivity (Wildman–Crippen MR) is 101 cm³/mol. The molecule has 0 bridgehead atoms. The molecule has 1 atom stereocenters. The van der Waals surface area contributed by atoms with Gasteiger partial charge in [-0.2, -0.15) is 5.26 Å². The summed E-state index contributed by atoms with van der Waals surface area (Å²) in [6, 6.07) is 16.9. The van der Waals surface area contributed by atoms with Crippen LogP contribution in [0.1, 0.15) is 22.8 Å². The number of nitrogens with zero attached hydrogens (tertiary/aromatic N) is 2. The Morgan fingerprint density at radius 1 is 1.19 bits per heavy atom. The molecule has 0 aliphatic carbocycles. The van der Waals surface area contributed by atoms with Crippen molar-refractivity contribution in [1.29, 1.82) is 5.26 Å². The molecule has 1 heterocycles. The number of fused-ring (bicyclic) bond motifs is 1. The number of hydrogen-bond donors (Lipinski definition) is 1. The smallest absolute Gasteiger partial charge is 0.339 e. The number of benzene rings is 2. The number of nitriles is 1. The highest BCUT2D eigenvalue weighted by molar-refractivity contribution is 6.30. The number of esters is 1. The highest BCUT2D eigenvalue weighted by atomic mass is 35.5. The summed E-state index contributed by atoms with van der Waals surface area (Å²) in [7, 11) is 0. The second-order valence-corrected chi connectivity index (χ2v) is 6.13. The van der Waals surface area contributed by atoms with Crippen molar-refractivity contribution in [3.63, 3.8) is 0 Å². The molecule has 3 aromatic rings. The summed E-state index contributed by atoms with van der Waals surface area (Å²) < 4.78 is 5.29. The van der Waals surface area contributed by atoms with Crippen molar-refractivity contribution in [3.05, 3.63) is 70.9 Å². The van der Waals surface area contributed by atoms with Crippen molar-refractivity contribution in [3.8, 4) is 6.07 Å². The third-order valence-electron chi connectivity index (χ3n) is 3.82. The zero-order chi connectivity index (χ0) is 19.4. The van der Waals surface area contributed by atoms with Gasteiger partial charge in [-0.05, 0) is 37.3 Å². The molecule has 0 aliphatic heterocycles. The van der Waals surface area contributed by atoms with E-state index in [4.69, 9.17) is 21.6 Å². The third-order valence-corrected chi connectivity index (χ3v) is 4.01. The predicted octanol–water partition coefficient (Wildman–Crippen LogP) is 3.94. The summed E-state index contributed by atoms with van der Waals surface area (Å²) in [5.74, 6) is -1.19. The van der Waals surface area contributed by atoms with Gasteiger partial charge in [0, 0.05) is 11.1 Å². The summed E-state index contributed by atoms with van der Waals surface area (Å²) >= 11 is 5.98. The Morgan fingerprint density at radius 3 is 2.74 bits per heavy atom. The van der Waals surface area contributed by atoms with Crippen molar-refractivity contribution in [1.82, 2.24) is 4.98 Å². The fourth-order valence-electron chi connectivity index (χ4n) is 2.50. The van der Waals surface area contributed by atoms with E-state index in [1.54, 1.807) is 42.5 Å². The third kappa shape index (κ3) is 4.22. The molecule has 0 aliphatic rings. The number of hydrogen-bond acceptors (Lipinski definition) is 5. The molecule has 1 amide bonds. The SMILES string of the molecule is C[C@@H](OC(=O)c1cc(Cl)nc2ccccc12)C(=O)Nc1cccc(C#N)c1. The molecule has 3 rings (SSSR count). The Labute approximate surface area is 160 Å². The van der Waals surface area contributed by atoms with Gasteiger partial charge in [0.1, 0.15) is 5.15 Å². The Kier molecular flexibility index (Phi) is 5.34. The summed E-state index contributed by atoms with van der Waals surface area (Å²) in [5, 5.41) is 12.3. The van der Waals surface area contributed by atoms with E-state index in [2.05, 4.69) is 10.3 Å². The van der Waals surface area contributed by atoms with Gasteiger partial charge < -0.3 is 10.1 Å². The van der Waals surface area contributed by atoms with Crippen LogP contribution in [0.3, 0.4) is 0 Å². The second kappa shape index (κ2) is 7.85. The first kappa shape index (κ1) is 18.4. The number of pyridine rings is 1. The summed E-state index contributed by atoms with van der Waals surface area (Å²) in [5.41, 5.74) is 1.65. The Balaban J connectivity index is 1.76. The van der Waals surface area contributed by atoms with Crippen molar-refractivity contribution < 1.29 is 14.3 Å². The molecule has 7 heteroatoms. The highest BCUT2D eigenvalue weighted by Crippen LogP contribution is 2.22. The Hall–Kier alpha value is -3.43. The van der Waals surface area contributed by atoms with Gasteiger partial charge in [0.15, 0.2) is 6.10 Å². The number of ether oxygens (including phenoxy) is 1. The molecule has 2 aromatic carbocycles. The number of carbonyl (C=O) groups is 2. The Morgan fingerprint density at radius 2 is 1.96 bits per heavy atom. The van der Waals surface area contributed by atoms with E-state index < -0.39 is 18.0 Å². The normalized spacial score (nSPS) is 11.4. The number of nitrogens with one attached hydrogen (secondary N) is 1. The van der Waals surface area contributed by atoms with Crippen LogP contribution in [-0.2, 0) is 9.53 Å². The fraction of sp³-hybridized carbons (Fsp3) is 0.100. The largest absolute Gasteiger partial charge is 0.449 e. The number of aromatic nitrogens is 1. The maximum absolute atomic E-state index is 12.5. The van der Waals surface area contributed by atoms with E-state index in [1.807, 2.05) is 6.07 Å². The van der Waals surface area contributed by atoms with Crippen molar-refractivity contribution >= 4 is 40.1 Å². The van der Waals surface area contributed by atoms with Gasteiger partial charge in [-0.25, -0.2) is 9.78 Å². The van der Waals surface area contributed by atoms with Gasteiger partial charge in [-0.1, -0.05) is 35.9 Å². The van der Waals surface area contributed by atoms with Crippen LogP contribution < -0.4 is 5.32 Å². The van der Waals surface area contributed by atoms with Crippen LogP contribution >= 0.6 is 11.6 Å². The quantitative estimate of drug-likeness (QED) is 0.547. The van der Waals surface area contributed by atoms with E-state index in [0.29, 0.717) is 22.2 Å². The second-order valence-electron chi connectivity index (χ2n) is 5.74. The number of para-hydroxylation sites is 1. The standard InChI is InChI=1S/C20H14ClN3O3/c1-12(19(25)23-14-6-4-5-13(9-14)11-22)27-20(26)16-10-18(21)24-17-8-3-2-7-15(16)17/h2-10,12H,1H3,(H,23,25)/t12-/m1/s1. The van der Waals surface area contributed by atoms with Gasteiger partial charge in [-0.3, -0.25) is 4.79 Å². The first-order valence-electron chi connectivity index (χ1n) is 8.05. The molecule has 6 nitrogen and oxygen atoms in total. The fourth-order valence-corrected chi connectivity index (χ4v) is 2.70. The molecule has 0 spiro atoms. The van der Waals surface area contributed by atoms with Gasteiger partial charge in [-0.15, -0.1) is 0 Å². The lowest BCUT2D eigenvalue weighted by atomic mass is 10.1. The topological polar surface area (TPSA) is 92.1 Å². The molecule has 0 fully saturated rings. The molecule has 1 aromatic heterocycles. The van der Waals surface area contributed by atoms with E-state index in [-0.39, 0.29) is 10.7 Å². The Bertz CT molecular complexity index is 1080. The van der Waals surface area contributed by atoms with Crippen LogP contribution in [0.5, 0.6) is 0 Å². The van der Waals surface area contributed by atoms with Crippen LogP contribution in [0.2, 0.25) is 5.15 Å². The molecule has 27 heavy (non-hydrogen) atoms. The van der Waals surface area contributed by atoms with Crippen molar-refractivity contribution in [2.75, 3.05) is 5.32 Å². The zero-order valence-electron chi connectivity index (χ0n) is 14.3. The molecule has 134 valence electrons. The van der Waals surface area contributed by atoms with E-state index >= 15 is 0 Å². The lowest BCUT2D eigenvalue weighted by Gasteiger charge is -2.14. The van der Waals surface area contributed by atoms with Gasteiger partial charge in [0.05, 0.1) is 22.7 Å². The molecule has 0 saturated heterocycles. The number of rotatable bonds is 4. The average Bonchev–Trinajstić information content (AvgIpc) is 2.67. The van der Waals surface area contributed by atoms with Crippen molar-refractivity contribution in [2.24, 2.45) is 0 Å². The number of anilines is 1. The van der Waals surface area contributed by atoms with Crippen LogP contribution in [-0.4, -0.2) is 23.0 Å². The minimum absolute atomic E-state index is 0.158. The summed E-state index contributed by atoms with van der Waals surface area (Å²) in [6.07, 6.45) is -1.05. The highest BCUT2D eigenvalue weighted by Gasteiger charge is 2.21. The molecule has 0 unspecified atom stereocenters. The minimum atomic E-state index is -1.05. The molecule has 0 saturated carbocycles. The monoisotopic (exact) mass is 379 g/mol. The van der Waals surface area contributed by atoms with Gasteiger partial charge in [0.2, 0.25) is 0 Å². The maximum Gasteiger partial charge on any atom is 0.339 e. The maximum atomic E-state index is 12.5. The zero-order valence-corrected chi connectivity index (χ0v) is 15.0. The van der Waals surface area contributed by atoms with Gasteiger partial charge >= 0.3 is 5.97 Å². The average molecular weight is 380 g/mol. The lowest BCUT2D eigenvalue weighted by Crippen LogP contribution is -2.30. The first-order chi connectivity index (χ1) is 13.0. The molecular weight excluding hydrogens is 366 g/mol. The molecule has 0 radical (unpaired) electrons. The van der Waals surface area contributed by atoms with E-state index in [9.17, 15) is 9.59 Å². The lowest BCUT2D eigenvalue weighted by molar-refractivity contribution is -0.123. The first-order valence-corrected chi connectivity index (χ1v) is 8.43. The van der Waals surface area contributed by atoms with E-state index in [0.717, 1.165) is 0 Å². The number of carbonyl (C=O) groups excluding carboxylic acids is 2. The van der Waals surface area contributed by atoms with Crippen LogP contribution in [0.4, 0.5) is 5.69 Å². The summed E-state index contributed by atoms with van der Waals surface area (Å²) in [4.78, 5) is 29.0. The van der Waals surface area contributed by atoms with Crippen LogP contribution in [0, 0.1) is 11.3 Å². The summed E-state index contributed by atoms with van der Waals surface area (Å²) in [6.45, 7) is 1.46. The van der Waals surface area contributed by atoms with Crippen molar-refractivity contribution in [2.45, 2.75) is 13.0 Å². The number of halogens is 1. The minimum Gasteiger partial charge on any atom is -0.449 e.